The van der Waals surface area contributed by atoms with E-state index in [1.165, 1.54) is 12.1 Å². The maximum absolute atomic E-state index is 10.5. The van der Waals surface area contributed by atoms with E-state index >= 15 is 0 Å². The Kier molecular flexibility index (Phi) is 4.93. The predicted octanol–water partition coefficient (Wildman–Crippen LogP) is 2.26. The number of hydrogen-bond donors (Lipinski definition) is 2. The molecule has 0 unspecified atom stereocenters. The van der Waals surface area contributed by atoms with Gasteiger partial charge in [-0.3, -0.25) is 14.9 Å². The van der Waals surface area contributed by atoms with E-state index in [1.54, 1.807) is 12.1 Å². The molecular formula is C11H14N2O4. The van der Waals surface area contributed by atoms with Gasteiger partial charge in [0.1, 0.15) is 0 Å². The number of nitro benzene ring substituents is 1. The van der Waals surface area contributed by atoms with Gasteiger partial charge in [-0.05, 0) is 18.9 Å². The molecule has 2 N–H and O–H groups in total. The molecule has 6 nitrogen and oxygen atoms in total. The molecule has 0 saturated heterocycles. The van der Waals surface area contributed by atoms with Crippen LogP contribution in [0.3, 0.4) is 0 Å². The van der Waals surface area contributed by atoms with Crippen LogP contribution in [0.25, 0.3) is 0 Å². The standard InChI is InChI=1S/C11H14N2O4/c14-11(15)6-1-2-7-12-9-4-3-5-10(8-9)13(16)17/h3-5,8,12H,1-2,6-7H2,(H,14,15). The second-order valence-electron chi connectivity index (χ2n) is 3.59. The maximum atomic E-state index is 10.5. The Morgan fingerprint density at radius 2 is 2.18 bits per heavy atom. The van der Waals surface area contributed by atoms with Gasteiger partial charge in [-0.25, -0.2) is 0 Å². The smallest absolute Gasteiger partial charge is 0.303 e. The third-order valence-electron chi connectivity index (χ3n) is 2.20. The zero-order valence-corrected chi connectivity index (χ0v) is 9.26. The van der Waals surface area contributed by atoms with E-state index in [0.717, 1.165) is 6.42 Å². The average molecular weight is 238 g/mol. The molecule has 0 heterocycles. The number of aliphatic carboxylic acids is 1. The van der Waals surface area contributed by atoms with Crippen LogP contribution < -0.4 is 5.32 Å². The van der Waals surface area contributed by atoms with Crippen LogP contribution in [0.5, 0.6) is 0 Å². The second kappa shape index (κ2) is 6.47. The first-order valence-corrected chi connectivity index (χ1v) is 5.29. The lowest BCUT2D eigenvalue weighted by molar-refractivity contribution is -0.384. The number of carboxylic acid groups (broad SMARTS) is 1. The molecule has 0 spiro atoms. The molecule has 0 aliphatic carbocycles. The fraction of sp³-hybridized carbons (Fsp3) is 0.364. The number of nitrogens with zero attached hydrogens (tertiary/aromatic N) is 1. The number of unbranched alkanes of at least 4 members (excludes halogenated alkanes) is 1. The molecule has 0 saturated carbocycles. The number of nitro groups is 1. The third-order valence-corrected chi connectivity index (χ3v) is 2.20. The van der Waals surface area contributed by atoms with Gasteiger partial charge in [-0.15, -0.1) is 0 Å². The molecule has 0 atom stereocenters. The molecule has 17 heavy (non-hydrogen) atoms. The molecule has 92 valence electrons. The first-order chi connectivity index (χ1) is 8.09. The fourth-order valence-corrected chi connectivity index (χ4v) is 1.36. The van der Waals surface area contributed by atoms with Gasteiger partial charge in [-0.2, -0.15) is 0 Å². The van der Waals surface area contributed by atoms with Gasteiger partial charge < -0.3 is 10.4 Å². The fourth-order valence-electron chi connectivity index (χ4n) is 1.36. The Morgan fingerprint density at radius 1 is 1.41 bits per heavy atom. The summed E-state index contributed by atoms with van der Waals surface area (Å²) in [4.78, 5) is 20.3. The molecule has 0 fully saturated rings. The highest BCUT2D eigenvalue weighted by Gasteiger charge is 2.04. The van der Waals surface area contributed by atoms with E-state index in [2.05, 4.69) is 5.32 Å². The Balaban J connectivity index is 2.34. The van der Waals surface area contributed by atoms with Gasteiger partial charge in [0.15, 0.2) is 0 Å². The number of carboxylic acids is 1. The highest BCUT2D eigenvalue weighted by molar-refractivity contribution is 5.66. The SMILES string of the molecule is O=C(O)CCCCNc1cccc([N+](=O)[O-])c1. The minimum atomic E-state index is -0.805. The summed E-state index contributed by atoms with van der Waals surface area (Å²) >= 11 is 0. The van der Waals surface area contributed by atoms with E-state index in [-0.39, 0.29) is 12.1 Å². The number of non-ortho nitro benzene ring substituents is 1. The van der Waals surface area contributed by atoms with Crippen molar-refractivity contribution in [3.63, 3.8) is 0 Å². The number of benzene rings is 1. The number of carbonyl (C=O) groups is 1. The van der Waals surface area contributed by atoms with Crippen molar-refractivity contribution in [2.45, 2.75) is 19.3 Å². The van der Waals surface area contributed by atoms with E-state index in [4.69, 9.17) is 5.11 Å². The summed E-state index contributed by atoms with van der Waals surface area (Å²) in [7, 11) is 0. The summed E-state index contributed by atoms with van der Waals surface area (Å²) in [5.74, 6) is -0.805. The molecule has 0 aliphatic heterocycles. The zero-order valence-electron chi connectivity index (χ0n) is 9.26. The van der Waals surface area contributed by atoms with Crippen molar-refractivity contribution in [2.24, 2.45) is 0 Å². The Morgan fingerprint density at radius 3 is 2.82 bits per heavy atom. The minimum Gasteiger partial charge on any atom is -0.481 e. The van der Waals surface area contributed by atoms with Crippen molar-refractivity contribution >= 4 is 17.3 Å². The minimum absolute atomic E-state index is 0.0422. The van der Waals surface area contributed by atoms with Crippen molar-refractivity contribution < 1.29 is 14.8 Å². The largest absolute Gasteiger partial charge is 0.481 e. The summed E-state index contributed by atoms with van der Waals surface area (Å²) in [6, 6.07) is 6.23. The lowest BCUT2D eigenvalue weighted by Gasteiger charge is -2.05. The van der Waals surface area contributed by atoms with Crippen molar-refractivity contribution in [1.29, 1.82) is 0 Å². The van der Waals surface area contributed by atoms with Gasteiger partial charge in [0.25, 0.3) is 5.69 Å². The van der Waals surface area contributed by atoms with Crippen LogP contribution in [0.15, 0.2) is 24.3 Å². The van der Waals surface area contributed by atoms with Crippen LogP contribution in [0.1, 0.15) is 19.3 Å². The van der Waals surface area contributed by atoms with Crippen molar-refractivity contribution in [3.05, 3.63) is 34.4 Å². The van der Waals surface area contributed by atoms with Crippen LogP contribution in [-0.4, -0.2) is 22.5 Å². The lowest BCUT2D eigenvalue weighted by atomic mass is 10.2. The molecule has 1 aromatic carbocycles. The predicted molar refractivity (Wildman–Crippen MR) is 63.1 cm³/mol. The van der Waals surface area contributed by atoms with Crippen molar-refractivity contribution in [1.82, 2.24) is 0 Å². The molecule has 1 rings (SSSR count). The first kappa shape index (κ1) is 13.0. The topological polar surface area (TPSA) is 92.5 Å². The third kappa shape index (κ3) is 4.96. The number of anilines is 1. The summed E-state index contributed by atoms with van der Waals surface area (Å²) in [6.07, 6.45) is 1.46. The highest BCUT2D eigenvalue weighted by Crippen LogP contribution is 2.16. The summed E-state index contributed by atoms with van der Waals surface area (Å²) in [5, 5.41) is 22.0. The molecule has 0 amide bonds. The number of hydrogen-bond acceptors (Lipinski definition) is 4. The molecule has 0 bridgehead atoms. The van der Waals surface area contributed by atoms with Gasteiger partial charge >= 0.3 is 5.97 Å². The average Bonchev–Trinajstić information content (AvgIpc) is 2.28. The monoisotopic (exact) mass is 238 g/mol. The van der Waals surface area contributed by atoms with Gasteiger partial charge in [0.05, 0.1) is 4.92 Å². The van der Waals surface area contributed by atoms with Gasteiger partial charge in [0, 0.05) is 30.8 Å². The summed E-state index contributed by atoms with van der Waals surface area (Å²) in [6.45, 7) is 0.606. The molecule has 0 aromatic heterocycles. The maximum Gasteiger partial charge on any atom is 0.303 e. The molecular weight excluding hydrogens is 224 g/mol. The van der Waals surface area contributed by atoms with E-state index < -0.39 is 10.9 Å². The summed E-state index contributed by atoms with van der Waals surface area (Å²) < 4.78 is 0. The zero-order chi connectivity index (χ0) is 12.7. The molecule has 0 radical (unpaired) electrons. The van der Waals surface area contributed by atoms with E-state index in [9.17, 15) is 14.9 Å². The van der Waals surface area contributed by atoms with Crippen LogP contribution in [0, 0.1) is 10.1 Å². The van der Waals surface area contributed by atoms with Crippen LogP contribution in [0.4, 0.5) is 11.4 Å². The highest BCUT2D eigenvalue weighted by atomic mass is 16.6. The Labute approximate surface area is 98.4 Å². The Bertz CT molecular complexity index is 406. The molecule has 0 aliphatic rings. The van der Waals surface area contributed by atoms with Gasteiger partial charge in [-0.1, -0.05) is 6.07 Å². The van der Waals surface area contributed by atoms with Crippen molar-refractivity contribution in [3.8, 4) is 0 Å². The van der Waals surface area contributed by atoms with E-state index in [0.29, 0.717) is 18.7 Å². The van der Waals surface area contributed by atoms with Crippen LogP contribution in [-0.2, 0) is 4.79 Å². The first-order valence-electron chi connectivity index (χ1n) is 5.29. The summed E-state index contributed by atoms with van der Waals surface area (Å²) in [5.41, 5.74) is 0.718. The van der Waals surface area contributed by atoms with E-state index in [1.807, 2.05) is 0 Å². The van der Waals surface area contributed by atoms with Crippen molar-refractivity contribution in [2.75, 3.05) is 11.9 Å². The molecule has 6 heteroatoms. The normalized spacial score (nSPS) is 9.88. The number of rotatable bonds is 7. The quantitative estimate of drug-likeness (QED) is 0.432. The van der Waals surface area contributed by atoms with Gasteiger partial charge in [0.2, 0.25) is 0 Å². The molecule has 1 aromatic rings. The Hall–Kier alpha value is -2.11. The van der Waals surface area contributed by atoms with Crippen LogP contribution in [0.2, 0.25) is 0 Å². The van der Waals surface area contributed by atoms with Crippen LogP contribution >= 0.6 is 0 Å². The number of nitrogens with one attached hydrogen (secondary N) is 1. The lowest BCUT2D eigenvalue weighted by Crippen LogP contribution is -2.03. The second-order valence-corrected chi connectivity index (χ2v) is 3.59.